The van der Waals surface area contributed by atoms with Gasteiger partial charge < -0.3 is 15.2 Å². The Labute approximate surface area is 120 Å². The Morgan fingerprint density at radius 2 is 2.10 bits per heavy atom. The molecule has 2 aliphatic heterocycles. The average molecular weight is 276 g/mol. The third-order valence-corrected chi connectivity index (χ3v) is 4.10. The number of hydrogen-bond acceptors (Lipinski definition) is 4. The third-order valence-electron chi connectivity index (χ3n) is 4.10. The summed E-state index contributed by atoms with van der Waals surface area (Å²) >= 11 is 0. The molecule has 0 bridgehead atoms. The maximum Gasteiger partial charge on any atom is 0.119 e. The average Bonchev–Trinajstić information content (AvgIpc) is 3.10. The van der Waals surface area contributed by atoms with Crippen LogP contribution in [0.5, 0.6) is 5.75 Å². The van der Waals surface area contributed by atoms with Gasteiger partial charge in [-0.25, -0.2) is 0 Å². The van der Waals surface area contributed by atoms with Gasteiger partial charge in [0.25, 0.3) is 0 Å². The number of rotatable bonds is 5. The fourth-order valence-electron chi connectivity index (χ4n) is 2.92. The van der Waals surface area contributed by atoms with Crippen LogP contribution in [-0.4, -0.2) is 43.3 Å². The fourth-order valence-corrected chi connectivity index (χ4v) is 2.92. The smallest absolute Gasteiger partial charge is 0.119 e. The molecule has 2 saturated heterocycles. The largest absolute Gasteiger partial charge is 0.491 e. The molecule has 110 valence electrons. The summed E-state index contributed by atoms with van der Waals surface area (Å²) in [5.74, 6) is 0.933. The van der Waals surface area contributed by atoms with Crippen molar-refractivity contribution in [3.63, 3.8) is 0 Å². The SMILES string of the molecule is N[C@@H]1CCN(Cc2ccc(OCC3CCCO3)cc2)C1. The minimum absolute atomic E-state index is 0.278. The van der Waals surface area contributed by atoms with Crippen LogP contribution in [0.25, 0.3) is 0 Å². The van der Waals surface area contributed by atoms with E-state index in [0.29, 0.717) is 12.6 Å². The third kappa shape index (κ3) is 3.72. The Hall–Kier alpha value is -1.10. The molecule has 0 aromatic heterocycles. The second-order valence-corrected chi connectivity index (χ2v) is 5.87. The molecule has 0 aliphatic carbocycles. The van der Waals surface area contributed by atoms with Crippen molar-refractivity contribution in [2.75, 3.05) is 26.3 Å². The highest BCUT2D eigenvalue weighted by atomic mass is 16.5. The van der Waals surface area contributed by atoms with Gasteiger partial charge in [0.1, 0.15) is 12.4 Å². The summed E-state index contributed by atoms with van der Waals surface area (Å²) in [4.78, 5) is 2.41. The first-order valence-corrected chi connectivity index (χ1v) is 7.61. The minimum atomic E-state index is 0.278. The molecule has 0 radical (unpaired) electrons. The molecule has 2 atom stereocenters. The van der Waals surface area contributed by atoms with Crippen molar-refractivity contribution >= 4 is 0 Å². The predicted molar refractivity (Wildman–Crippen MR) is 78.8 cm³/mol. The summed E-state index contributed by atoms with van der Waals surface area (Å²) < 4.78 is 11.3. The topological polar surface area (TPSA) is 47.7 Å². The molecule has 4 nitrogen and oxygen atoms in total. The molecular weight excluding hydrogens is 252 g/mol. The Kier molecular flexibility index (Phi) is 4.55. The van der Waals surface area contributed by atoms with Crippen LogP contribution in [0.1, 0.15) is 24.8 Å². The second-order valence-electron chi connectivity index (χ2n) is 5.87. The lowest BCUT2D eigenvalue weighted by atomic mass is 10.2. The quantitative estimate of drug-likeness (QED) is 0.890. The lowest BCUT2D eigenvalue weighted by molar-refractivity contribution is 0.0679. The summed E-state index contributed by atoms with van der Waals surface area (Å²) in [6.45, 7) is 4.65. The highest BCUT2D eigenvalue weighted by Gasteiger charge is 2.19. The maximum absolute atomic E-state index is 5.93. The van der Waals surface area contributed by atoms with E-state index in [1.165, 1.54) is 5.56 Å². The predicted octanol–water partition coefficient (Wildman–Crippen LogP) is 1.78. The van der Waals surface area contributed by atoms with Crippen molar-refractivity contribution in [2.45, 2.75) is 38.0 Å². The van der Waals surface area contributed by atoms with Crippen LogP contribution >= 0.6 is 0 Å². The van der Waals surface area contributed by atoms with Crippen molar-refractivity contribution in [3.05, 3.63) is 29.8 Å². The molecule has 0 saturated carbocycles. The highest BCUT2D eigenvalue weighted by Crippen LogP contribution is 2.18. The van der Waals surface area contributed by atoms with E-state index in [4.69, 9.17) is 15.2 Å². The van der Waals surface area contributed by atoms with Crippen molar-refractivity contribution in [1.29, 1.82) is 0 Å². The molecular formula is C16H24N2O2. The van der Waals surface area contributed by atoms with Gasteiger partial charge in [0.05, 0.1) is 6.10 Å². The lowest BCUT2D eigenvalue weighted by Crippen LogP contribution is -2.26. The normalized spacial score (nSPS) is 27.1. The van der Waals surface area contributed by atoms with Crippen LogP contribution in [0.4, 0.5) is 0 Å². The van der Waals surface area contributed by atoms with Gasteiger partial charge in [-0.05, 0) is 37.0 Å². The summed E-state index contributed by atoms with van der Waals surface area (Å²) in [5, 5.41) is 0. The van der Waals surface area contributed by atoms with Crippen LogP contribution in [0.15, 0.2) is 24.3 Å². The van der Waals surface area contributed by atoms with Crippen molar-refractivity contribution < 1.29 is 9.47 Å². The van der Waals surface area contributed by atoms with E-state index in [1.807, 2.05) is 0 Å². The van der Waals surface area contributed by atoms with E-state index in [2.05, 4.69) is 29.2 Å². The minimum Gasteiger partial charge on any atom is -0.491 e. The van der Waals surface area contributed by atoms with Gasteiger partial charge in [0.15, 0.2) is 0 Å². The number of hydrogen-bond donors (Lipinski definition) is 1. The first-order chi connectivity index (χ1) is 9.79. The lowest BCUT2D eigenvalue weighted by Gasteiger charge is -2.16. The van der Waals surface area contributed by atoms with Crippen molar-refractivity contribution in [3.8, 4) is 5.75 Å². The second kappa shape index (κ2) is 6.57. The van der Waals surface area contributed by atoms with Gasteiger partial charge in [-0.3, -0.25) is 4.90 Å². The van der Waals surface area contributed by atoms with Crippen molar-refractivity contribution in [2.24, 2.45) is 5.73 Å². The van der Waals surface area contributed by atoms with E-state index in [0.717, 1.165) is 51.3 Å². The van der Waals surface area contributed by atoms with Crippen LogP contribution in [0, 0.1) is 0 Å². The van der Waals surface area contributed by atoms with Gasteiger partial charge in [-0.15, -0.1) is 0 Å². The van der Waals surface area contributed by atoms with Gasteiger partial charge in [-0.2, -0.15) is 0 Å². The molecule has 1 aromatic carbocycles. The van der Waals surface area contributed by atoms with Gasteiger partial charge in [0, 0.05) is 32.3 Å². The first kappa shape index (κ1) is 13.9. The molecule has 2 fully saturated rings. The van der Waals surface area contributed by atoms with Gasteiger partial charge in [0.2, 0.25) is 0 Å². The number of likely N-dealkylation sites (tertiary alicyclic amines) is 1. The number of benzene rings is 1. The molecule has 4 heteroatoms. The Balaban J connectivity index is 1.46. The zero-order valence-corrected chi connectivity index (χ0v) is 12.0. The molecule has 0 amide bonds. The molecule has 20 heavy (non-hydrogen) atoms. The number of nitrogens with two attached hydrogens (primary N) is 1. The highest BCUT2D eigenvalue weighted by molar-refractivity contribution is 5.27. The zero-order valence-electron chi connectivity index (χ0n) is 12.0. The molecule has 1 aromatic rings. The maximum atomic E-state index is 5.93. The Morgan fingerprint density at radius 3 is 2.75 bits per heavy atom. The summed E-state index contributed by atoms with van der Waals surface area (Å²) in [6.07, 6.45) is 3.67. The monoisotopic (exact) mass is 276 g/mol. The van der Waals surface area contributed by atoms with Gasteiger partial charge in [-0.1, -0.05) is 12.1 Å². The van der Waals surface area contributed by atoms with Crippen LogP contribution in [0.2, 0.25) is 0 Å². The number of nitrogens with zero attached hydrogens (tertiary/aromatic N) is 1. The van der Waals surface area contributed by atoms with E-state index >= 15 is 0 Å². The molecule has 2 aliphatic rings. The summed E-state index contributed by atoms with van der Waals surface area (Å²) in [6, 6.07) is 8.76. The van der Waals surface area contributed by atoms with E-state index < -0.39 is 0 Å². The van der Waals surface area contributed by atoms with Crippen LogP contribution < -0.4 is 10.5 Å². The number of ether oxygens (including phenoxy) is 2. The summed E-state index contributed by atoms with van der Waals surface area (Å²) in [7, 11) is 0. The van der Waals surface area contributed by atoms with E-state index in [-0.39, 0.29) is 6.10 Å². The molecule has 0 spiro atoms. The van der Waals surface area contributed by atoms with Crippen molar-refractivity contribution in [1.82, 2.24) is 4.90 Å². The standard InChI is InChI=1S/C16H24N2O2/c17-14-7-8-18(11-14)10-13-3-5-15(6-4-13)20-12-16-2-1-9-19-16/h3-6,14,16H,1-2,7-12,17H2/t14-,16?/m1/s1. The molecule has 2 heterocycles. The van der Waals surface area contributed by atoms with E-state index in [1.54, 1.807) is 0 Å². The Morgan fingerprint density at radius 1 is 1.25 bits per heavy atom. The van der Waals surface area contributed by atoms with Crippen LogP contribution in [-0.2, 0) is 11.3 Å². The van der Waals surface area contributed by atoms with Gasteiger partial charge >= 0.3 is 0 Å². The van der Waals surface area contributed by atoms with E-state index in [9.17, 15) is 0 Å². The summed E-state index contributed by atoms with van der Waals surface area (Å²) in [5.41, 5.74) is 7.25. The zero-order chi connectivity index (χ0) is 13.8. The Bertz CT molecular complexity index is 415. The first-order valence-electron chi connectivity index (χ1n) is 7.61. The molecule has 3 rings (SSSR count). The molecule has 2 N–H and O–H groups in total. The molecule has 1 unspecified atom stereocenters. The van der Waals surface area contributed by atoms with Crippen LogP contribution in [0.3, 0.4) is 0 Å². The fraction of sp³-hybridized carbons (Fsp3) is 0.625.